The van der Waals surface area contributed by atoms with Gasteiger partial charge in [0.25, 0.3) is 0 Å². The minimum absolute atomic E-state index is 0.0329. The zero-order chi connectivity index (χ0) is 17.0. The standard InChI is InChI=1S/C12H13ClN4O4S2/c1-8-2-3-11(22-8)23(20,21)16-5-4-14-12-10(17(18)19)6-9(13)7-15-12/h2-3,6-7,16H,4-5H2,1H3,(H,14,15). The molecular weight excluding hydrogens is 364 g/mol. The molecule has 2 heterocycles. The van der Waals surface area contributed by atoms with Gasteiger partial charge in [0, 0.05) is 30.2 Å². The molecule has 23 heavy (non-hydrogen) atoms. The van der Waals surface area contributed by atoms with Crippen molar-refractivity contribution in [3.63, 3.8) is 0 Å². The third-order valence-electron chi connectivity index (χ3n) is 2.72. The number of aromatic nitrogens is 1. The number of thiophene rings is 1. The van der Waals surface area contributed by atoms with E-state index in [0.29, 0.717) is 0 Å². The van der Waals surface area contributed by atoms with Gasteiger partial charge in [-0.15, -0.1) is 11.3 Å². The molecule has 2 aromatic heterocycles. The van der Waals surface area contributed by atoms with Crippen LogP contribution in [0.2, 0.25) is 5.02 Å². The first-order valence-corrected chi connectivity index (χ1v) is 9.07. The molecule has 0 aliphatic heterocycles. The van der Waals surface area contributed by atoms with E-state index in [0.717, 1.165) is 4.88 Å². The predicted octanol–water partition coefficient (Wildman–Crippen LogP) is 2.40. The molecule has 124 valence electrons. The monoisotopic (exact) mass is 376 g/mol. The van der Waals surface area contributed by atoms with Crippen LogP contribution in [0.3, 0.4) is 0 Å². The summed E-state index contributed by atoms with van der Waals surface area (Å²) < 4.78 is 26.7. The number of nitrogens with zero attached hydrogens (tertiary/aromatic N) is 2. The number of sulfonamides is 1. The normalized spacial score (nSPS) is 11.4. The van der Waals surface area contributed by atoms with E-state index in [4.69, 9.17) is 11.6 Å². The molecule has 0 atom stereocenters. The van der Waals surface area contributed by atoms with Crippen LogP contribution in [0.5, 0.6) is 0 Å². The van der Waals surface area contributed by atoms with Crippen molar-refractivity contribution >= 4 is 44.5 Å². The first-order chi connectivity index (χ1) is 10.8. The van der Waals surface area contributed by atoms with E-state index in [2.05, 4.69) is 15.0 Å². The Hall–Kier alpha value is -1.75. The highest BCUT2D eigenvalue weighted by molar-refractivity contribution is 7.91. The first kappa shape index (κ1) is 17.6. The highest BCUT2D eigenvalue weighted by Gasteiger charge is 2.17. The Morgan fingerprint density at radius 1 is 1.39 bits per heavy atom. The number of halogens is 1. The molecule has 0 fully saturated rings. The van der Waals surface area contributed by atoms with Crippen LogP contribution in [0.4, 0.5) is 11.5 Å². The highest BCUT2D eigenvalue weighted by atomic mass is 35.5. The molecule has 0 aliphatic rings. The quantitative estimate of drug-likeness (QED) is 0.435. The van der Waals surface area contributed by atoms with Gasteiger partial charge in [0.2, 0.25) is 15.8 Å². The largest absolute Gasteiger partial charge is 0.363 e. The lowest BCUT2D eigenvalue weighted by Gasteiger charge is -2.07. The van der Waals surface area contributed by atoms with Gasteiger partial charge in [0.05, 0.1) is 9.95 Å². The van der Waals surface area contributed by atoms with Crippen LogP contribution in [-0.4, -0.2) is 31.4 Å². The Morgan fingerprint density at radius 3 is 2.74 bits per heavy atom. The van der Waals surface area contributed by atoms with E-state index in [1.54, 1.807) is 6.07 Å². The zero-order valence-electron chi connectivity index (χ0n) is 11.9. The fourth-order valence-electron chi connectivity index (χ4n) is 1.70. The number of nitrogens with one attached hydrogen (secondary N) is 2. The van der Waals surface area contributed by atoms with E-state index >= 15 is 0 Å². The van der Waals surface area contributed by atoms with Gasteiger partial charge in [-0.2, -0.15) is 0 Å². The maximum Gasteiger partial charge on any atom is 0.312 e. The van der Waals surface area contributed by atoms with E-state index in [1.807, 2.05) is 6.92 Å². The highest BCUT2D eigenvalue weighted by Crippen LogP contribution is 2.24. The van der Waals surface area contributed by atoms with E-state index < -0.39 is 14.9 Å². The first-order valence-electron chi connectivity index (χ1n) is 6.39. The summed E-state index contributed by atoms with van der Waals surface area (Å²) in [5, 5.41) is 13.8. The summed E-state index contributed by atoms with van der Waals surface area (Å²) in [6.45, 7) is 2.01. The zero-order valence-corrected chi connectivity index (χ0v) is 14.3. The maximum atomic E-state index is 12.0. The van der Waals surface area contributed by atoms with Crippen molar-refractivity contribution in [1.29, 1.82) is 0 Å². The average molecular weight is 377 g/mol. The molecule has 0 saturated carbocycles. The minimum atomic E-state index is -3.57. The van der Waals surface area contributed by atoms with Crippen LogP contribution in [0.25, 0.3) is 0 Å². The van der Waals surface area contributed by atoms with Crippen LogP contribution >= 0.6 is 22.9 Å². The number of rotatable bonds is 7. The number of anilines is 1. The van der Waals surface area contributed by atoms with Gasteiger partial charge in [-0.05, 0) is 19.1 Å². The number of nitro groups is 1. The third kappa shape index (κ3) is 4.61. The Balaban J connectivity index is 1.95. The SMILES string of the molecule is Cc1ccc(S(=O)(=O)NCCNc2ncc(Cl)cc2[N+](=O)[O-])s1. The lowest BCUT2D eigenvalue weighted by Crippen LogP contribution is -2.28. The van der Waals surface area contributed by atoms with Crippen LogP contribution < -0.4 is 10.0 Å². The second-order valence-corrected chi connectivity index (χ2v) is 8.19. The summed E-state index contributed by atoms with van der Waals surface area (Å²) in [6.07, 6.45) is 1.27. The van der Waals surface area contributed by atoms with Crippen molar-refractivity contribution in [2.24, 2.45) is 0 Å². The fourth-order valence-corrected chi connectivity index (χ4v) is 4.21. The predicted molar refractivity (Wildman–Crippen MR) is 88.6 cm³/mol. The summed E-state index contributed by atoms with van der Waals surface area (Å²) in [4.78, 5) is 15.0. The molecule has 0 saturated heterocycles. The topological polar surface area (TPSA) is 114 Å². The molecule has 2 rings (SSSR count). The molecule has 0 radical (unpaired) electrons. The molecule has 0 bridgehead atoms. The molecule has 0 aliphatic carbocycles. The lowest BCUT2D eigenvalue weighted by atomic mass is 10.4. The van der Waals surface area contributed by atoms with Crippen LogP contribution in [0, 0.1) is 17.0 Å². The summed E-state index contributed by atoms with van der Waals surface area (Å²) in [5.41, 5.74) is -0.269. The minimum Gasteiger partial charge on any atom is -0.363 e. The molecule has 8 nitrogen and oxygen atoms in total. The molecule has 0 unspecified atom stereocenters. The summed E-state index contributed by atoms with van der Waals surface area (Å²) in [6, 6.07) is 4.43. The van der Waals surface area contributed by atoms with Crippen molar-refractivity contribution in [3.05, 3.63) is 44.4 Å². The Kier molecular flexibility index (Phi) is 5.52. The van der Waals surface area contributed by atoms with Gasteiger partial charge >= 0.3 is 5.69 Å². The van der Waals surface area contributed by atoms with Gasteiger partial charge in [0.1, 0.15) is 4.21 Å². The van der Waals surface area contributed by atoms with Crippen molar-refractivity contribution < 1.29 is 13.3 Å². The fraction of sp³-hybridized carbons (Fsp3) is 0.250. The molecular formula is C12H13ClN4O4S2. The molecule has 0 amide bonds. The molecule has 0 spiro atoms. The average Bonchev–Trinajstić information content (AvgIpc) is 2.92. The number of aryl methyl sites for hydroxylation is 1. The Bertz CT molecular complexity index is 822. The molecule has 2 N–H and O–H groups in total. The van der Waals surface area contributed by atoms with Crippen molar-refractivity contribution in [2.75, 3.05) is 18.4 Å². The van der Waals surface area contributed by atoms with E-state index in [-0.39, 0.29) is 33.8 Å². The maximum absolute atomic E-state index is 12.0. The Labute approximate surface area is 141 Å². The van der Waals surface area contributed by atoms with E-state index in [1.165, 1.54) is 29.7 Å². The van der Waals surface area contributed by atoms with Gasteiger partial charge in [-0.3, -0.25) is 10.1 Å². The molecule has 11 heteroatoms. The lowest BCUT2D eigenvalue weighted by molar-refractivity contribution is -0.384. The summed E-state index contributed by atoms with van der Waals surface area (Å²) >= 11 is 6.84. The molecule has 0 aromatic carbocycles. The van der Waals surface area contributed by atoms with Crippen molar-refractivity contribution in [3.8, 4) is 0 Å². The van der Waals surface area contributed by atoms with E-state index in [9.17, 15) is 18.5 Å². The van der Waals surface area contributed by atoms with Crippen LogP contribution in [-0.2, 0) is 10.0 Å². The molecule has 2 aromatic rings. The smallest absolute Gasteiger partial charge is 0.312 e. The summed E-state index contributed by atoms with van der Waals surface area (Å²) in [7, 11) is -3.57. The van der Waals surface area contributed by atoms with Gasteiger partial charge < -0.3 is 5.32 Å². The third-order valence-corrected chi connectivity index (χ3v) is 5.88. The number of pyridine rings is 1. The number of hydrogen-bond acceptors (Lipinski definition) is 7. The van der Waals surface area contributed by atoms with Crippen molar-refractivity contribution in [1.82, 2.24) is 9.71 Å². The Morgan fingerprint density at radius 2 is 2.13 bits per heavy atom. The summed E-state index contributed by atoms with van der Waals surface area (Å²) in [5.74, 6) is 0.0329. The number of hydrogen-bond donors (Lipinski definition) is 2. The van der Waals surface area contributed by atoms with Gasteiger partial charge in [-0.25, -0.2) is 18.1 Å². The second kappa shape index (κ2) is 7.21. The van der Waals surface area contributed by atoms with Crippen molar-refractivity contribution in [2.45, 2.75) is 11.1 Å². The second-order valence-electron chi connectivity index (χ2n) is 4.47. The van der Waals surface area contributed by atoms with Gasteiger partial charge in [0.15, 0.2) is 0 Å². The van der Waals surface area contributed by atoms with Crippen LogP contribution in [0.1, 0.15) is 4.88 Å². The van der Waals surface area contributed by atoms with Crippen LogP contribution in [0.15, 0.2) is 28.6 Å². The van der Waals surface area contributed by atoms with Gasteiger partial charge in [-0.1, -0.05) is 11.6 Å².